The molecule has 0 spiro atoms. The van der Waals surface area contributed by atoms with Gasteiger partial charge in [-0.3, -0.25) is 4.79 Å². The molecule has 20 heavy (non-hydrogen) atoms. The van der Waals surface area contributed by atoms with Crippen molar-refractivity contribution < 1.29 is 23.1 Å². The van der Waals surface area contributed by atoms with Crippen LogP contribution in [0.25, 0.3) is 0 Å². The van der Waals surface area contributed by atoms with Crippen LogP contribution in [0.2, 0.25) is 0 Å². The molecular formula is C11H20N2O5S2. The van der Waals surface area contributed by atoms with Gasteiger partial charge >= 0.3 is 12.0 Å². The van der Waals surface area contributed by atoms with Gasteiger partial charge in [-0.1, -0.05) is 0 Å². The molecule has 2 unspecified atom stereocenters. The van der Waals surface area contributed by atoms with Gasteiger partial charge in [0.05, 0.1) is 0 Å². The molecule has 9 heteroatoms. The number of urea groups is 1. The number of nitrogens with one attached hydrogen (secondary N) is 1. The summed E-state index contributed by atoms with van der Waals surface area (Å²) >= 11 is 1.51. The number of hydrogen-bond donors (Lipinski definition) is 2. The highest BCUT2D eigenvalue weighted by molar-refractivity contribution is 8.00. The molecule has 1 heterocycles. The minimum atomic E-state index is -3.33. The second-order valence-corrected chi connectivity index (χ2v) is 8.19. The van der Waals surface area contributed by atoms with Gasteiger partial charge in [0.2, 0.25) is 0 Å². The Bertz CT molecular complexity index is 465. The predicted octanol–water partition coefficient (Wildman–Crippen LogP) is 0.369. The van der Waals surface area contributed by atoms with Crippen molar-refractivity contribution in [3.05, 3.63) is 0 Å². The first-order valence-electron chi connectivity index (χ1n) is 6.27. The molecule has 2 amide bonds. The lowest BCUT2D eigenvalue weighted by Gasteiger charge is -2.34. The van der Waals surface area contributed by atoms with Crippen LogP contribution in [0, 0.1) is 0 Å². The average Bonchev–Trinajstić information content (AvgIpc) is 2.35. The summed E-state index contributed by atoms with van der Waals surface area (Å²) in [5, 5.41) is 10.4. The van der Waals surface area contributed by atoms with E-state index in [1.807, 2.05) is 0 Å². The lowest BCUT2D eigenvalue weighted by Crippen LogP contribution is -2.54. The van der Waals surface area contributed by atoms with Crippen molar-refractivity contribution in [2.45, 2.75) is 31.2 Å². The van der Waals surface area contributed by atoms with Gasteiger partial charge in [-0.2, -0.15) is 11.8 Å². The smallest absolute Gasteiger partial charge is 0.318 e. The Hall–Kier alpha value is -0.960. The van der Waals surface area contributed by atoms with Crippen LogP contribution in [0.1, 0.15) is 19.8 Å². The third-order valence-corrected chi connectivity index (χ3v) is 5.64. The fourth-order valence-electron chi connectivity index (χ4n) is 1.87. The van der Waals surface area contributed by atoms with Crippen LogP contribution in [0.5, 0.6) is 0 Å². The third-order valence-electron chi connectivity index (χ3n) is 3.00. The van der Waals surface area contributed by atoms with Crippen molar-refractivity contribution >= 4 is 33.6 Å². The Balaban J connectivity index is 2.62. The van der Waals surface area contributed by atoms with Crippen LogP contribution < -0.4 is 5.32 Å². The molecule has 0 aromatic heterocycles. The molecule has 7 nitrogen and oxygen atoms in total. The average molecular weight is 324 g/mol. The Morgan fingerprint density at radius 2 is 2.15 bits per heavy atom. The van der Waals surface area contributed by atoms with E-state index in [4.69, 9.17) is 5.11 Å². The minimum absolute atomic E-state index is 0.0349. The number of amides is 2. The zero-order chi connectivity index (χ0) is 15.3. The van der Waals surface area contributed by atoms with E-state index in [9.17, 15) is 18.0 Å². The fraction of sp³-hybridized carbons (Fsp3) is 0.818. The number of aliphatic carboxylic acids is 1. The highest BCUT2D eigenvalue weighted by atomic mass is 32.2. The van der Waals surface area contributed by atoms with Gasteiger partial charge in [0.1, 0.15) is 5.37 Å². The summed E-state index contributed by atoms with van der Waals surface area (Å²) in [5.74, 6) is 0.146. The van der Waals surface area contributed by atoms with Gasteiger partial charge in [0.25, 0.3) is 0 Å². The number of carbonyl (C=O) groups excluding carboxylic acids is 1. The summed E-state index contributed by atoms with van der Waals surface area (Å²) < 4.78 is 23.4. The molecule has 1 rings (SSSR count). The van der Waals surface area contributed by atoms with Crippen LogP contribution in [-0.2, 0) is 14.6 Å². The van der Waals surface area contributed by atoms with Crippen LogP contribution in [0.15, 0.2) is 0 Å². The van der Waals surface area contributed by atoms with Gasteiger partial charge < -0.3 is 15.3 Å². The number of hydrogen-bond acceptors (Lipinski definition) is 5. The summed E-state index contributed by atoms with van der Waals surface area (Å²) in [5.41, 5.74) is 0. The minimum Gasteiger partial charge on any atom is -0.481 e. The summed E-state index contributed by atoms with van der Waals surface area (Å²) in [6.45, 7) is 2.08. The van der Waals surface area contributed by atoms with Gasteiger partial charge in [0.15, 0.2) is 9.84 Å². The van der Waals surface area contributed by atoms with Crippen molar-refractivity contribution in [1.82, 2.24) is 10.2 Å². The fourth-order valence-corrected chi connectivity index (χ4v) is 4.69. The summed E-state index contributed by atoms with van der Waals surface area (Å²) in [6.07, 6.45) is 1.40. The Morgan fingerprint density at radius 1 is 1.50 bits per heavy atom. The third kappa shape index (κ3) is 5.20. The molecule has 0 aromatic carbocycles. The van der Waals surface area contributed by atoms with Gasteiger partial charge in [-0.25, -0.2) is 13.2 Å². The molecule has 2 N–H and O–H groups in total. The molecule has 1 aliphatic heterocycles. The Kier molecular flexibility index (Phi) is 6.12. The van der Waals surface area contributed by atoms with Crippen LogP contribution in [-0.4, -0.2) is 66.1 Å². The van der Waals surface area contributed by atoms with Gasteiger partial charge in [-0.05, 0) is 13.3 Å². The summed E-state index contributed by atoms with van der Waals surface area (Å²) in [4.78, 5) is 23.9. The molecule has 116 valence electrons. The van der Waals surface area contributed by atoms with E-state index in [-0.39, 0.29) is 12.5 Å². The monoisotopic (exact) mass is 324 g/mol. The predicted molar refractivity (Wildman–Crippen MR) is 77.5 cm³/mol. The van der Waals surface area contributed by atoms with E-state index in [2.05, 4.69) is 5.32 Å². The first-order chi connectivity index (χ1) is 9.21. The van der Waals surface area contributed by atoms with E-state index in [1.54, 1.807) is 6.92 Å². The maximum atomic E-state index is 12.1. The van der Waals surface area contributed by atoms with Crippen LogP contribution >= 0.6 is 11.8 Å². The highest BCUT2D eigenvalue weighted by Gasteiger charge is 2.34. The van der Waals surface area contributed by atoms with Crippen LogP contribution in [0.4, 0.5) is 4.79 Å². The molecule has 1 fully saturated rings. The first kappa shape index (κ1) is 17.1. The van der Waals surface area contributed by atoms with Crippen molar-refractivity contribution in [1.29, 1.82) is 0 Å². The second kappa shape index (κ2) is 7.16. The van der Waals surface area contributed by atoms with Crippen LogP contribution in [0.3, 0.4) is 0 Å². The van der Waals surface area contributed by atoms with Crippen molar-refractivity contribution in [3.8, 4) is 0 Å². The standard InChI is InChI=1S/C11H20N2O5S2/c1-8(3-4-10(14)15)12-11(16)13-5-6-19-7-9(13)20(2,17)18/h8-9H,3-7H2,1-2H3,(H,12,16)(H,14,15). The number of carbonyl (C=O) groups is 2. The highest BCUT2D eigenvalue weighted by Crippen LogP contribution is 2.20. The van der Waals surface area contributed by atoms with E-state index >= 15 is 0 Å². The second-order valence-electron chi connectivity index (χ2n) is 4.84. The molecule has 0 aromatic rings. The number of thioether (sulfide) groups is 1. The molecule has 0 saturated carbocycles. The number of rotatable bonds is 5. The molecule has 1 saturated heterocycles. The van der Waals surface area contributed by atoms with Crippen molar-refractivity contribution in [2.75, 3.05) is 24.3 Å². The number of carboxylic acids is 1. The van der Waals surface area contributed by atoms with Crippen molar-refractivity contribution in [2.24, 2.45) is 0 Å². The number of nitrogens with zero attached hydrogens (tertiary/aromatic N) is 1. The molecular weight excluding hydrogens is 304 g/mol. The lowest BCUT2D eigenvalue weighted by molar-refractivity contribution is -0.137. The summed E-state index contributed by atoms with van der Waals surface area (Å²) in [6, 6.07) is -0.757. The first-order valence-corrected chi connectivity index (χ1v) is 9.38. The SMILES string of the molecule is CC(CCC(=O)O)NC(=O)N1CCSCC1S(C)(=O)=O. The van der Waals surface area contributed by atoms with Gasteiger partial charge in [0, 0.05) is 36.8 Å². The largest absolute Gasteiger partial charge is 0.481 e. The van der Waals surface area contributed by atoms with Gasteiger partial charge in [-0.15, -0.1) is 0 Å². The molecule has 1 aliphatic rings. The topological polar surface area (TPSA) is 104 Å². The number of carboxylic acid groups (broad SMARTS) is 1. The Labute approximate surface area is 123 Å². The maximum absolute atomic E-state index is 12.1. The zero-order valence-electron chi connectivity index (χ0n) is 11.5. The number of sulfone groups is 1. The molecule has 0 radical (unpaired) electrons. The van der Waals surface area contributed by atoms with E-state index in [0.29, 0.717) is 24.5 Å². The lowest BCUT2D eigenvalue weighted by atomic mass is 10.2. The van der Waals surface area contributed by atoms with E-state index < -0.39 is 27.2 Å². The Morgan fingerprint density at radius 3 is 2.70 bits per heavy atom. The maximum Gasteiger partial charge on any atom is 0.318 e. The quantitative estimate of drug-likeness (QED) is 0.757. The molecule has 0 bridgehead atoms. The molecule has 2 atom stereocenters. The van der Waals surface area contributed by atoms with E-state index in [1.165, 1.54) is 16.7 Å². The van der Waals surface area contributed by atoms with E-state index in [0.717, 1.165) is 6.26 Å². The molecule has 0 aliphatic carbocycles. The summed E-state index contributed by atoms with van der Waals surface area (Å²) in [7, 11) is -3.33. The van der Waals surface area contributed by atoms with Crippen molar-refractivity contribution in [3.63, 3.8) is 0 Å². The zero-order valence-corrected chi connectivity index (χ0v) is 13.2. The normalized spacial score (nSPS) is 21.3.